The second-order valence-corrected chi connectivity index (χ2v) is 7.09. The molecule has 4 heteroatoms. The molecule has 3 nitrogen and oxygen atoms in total. The monoisotopic (exact) mass is 292 g/mol. The van der Waals surface area contributed by atoms with Crippen molar-refractivity contribution in [2.75, 3.05) is 24.6 Å². The largest absolute Gasteiger partial charge is 0.398 e. The molecule has 110 valence electrons. The minimum Gasteiger partial charge on any atom is -0.398 e. The SMILES string of the molecule is Cc1ccc(N)c(SCC(=O)N2CC(C)CC(C)C2)c1. The molecule has 0 radical (unpaired) electrons. The summed E-state index contributed by atoms with van der Waals surface area (Å²) in [5.41, 5.74) is 7.89. The molecular formula is C16H24N2OS. The van der Waals surface area contributed by atoms with Crippen LogP contribution in [0.1, 0.15) is 25.8 Å². The molecule has 1 heterocycles. The Hall–Kier alpha value is -1.16. The number of nitrogens with zero attached hydrogens (tertiary/aromatic N) is 1. The van der Waals surface area contributed by atoms with Gasteiger partial charge in [-0.1, -0.05) is 19.9 Å². The Morgan fingerprint density at radius 3 is 2.65 bits per heavy atom. The zero-order chi connectivity index (χ0) is 14.7. The van der Waals surface area contributed by atoms with Gasteiger partial charge in [0.2, 0.25) is 5.91 Å². The van der Waals surface area contributed by atoms with Gasteiger partial charge in [0, 0.05) is 23.7 Å². The Balaban J connectivity index is 1.93. The van der Waals surface area contributed by atoms with E-state index in [-0.39, 0.29) is 5.91 Å². The van der Waals surface area contributed by atoms with E-state index < -0.39 is 0 Å². The minimum absolute atomic E-state index is 0.231. The van der Waals surface area contributed by atoms with Gasteiger partial charge in [-0.3, -0.25) is 4.79 Å². The first kappa shape index (κ1) is 15.2. The highest BCUT2D eigenvalue weighted by Crippen LogP contribution is 2.27. The Bertz CT molecular complexity index is 479. The zero-order valence-electron chi connectivity index (χ0n) is 12.6. The molecule has 0 spiro atoms. The van der Waals surface area contributed by atoms with E-state index in [4.69, 9.17) is 5.73 Å². The minimum atomic E-state index is 0.231. The van der Waals surface area contributed by atoms with Crippen LogP contribution >= 0.6 is 11.8 Å². The summed E-state index contributed by atoms with van der Waals surface area (Å²) >= 11 is 1.55. The van der Waals surface area contributed by atoms with Gasteiger partial charge in [0.1, 0.15) is 0 Å². The third kappa shape index (κ3) is 3.92. The summed E-state index contributed by atoms with van der Waals surface area (Å²) in [6.45, 7) is 8.28. The molecule has 0 bridgehead atoms. The van der Waals surface area contributed by atoms with E-state index in [1.165, 1.54) is 12.0 Å². The maximum Gasteiger partial charge on any atom is 0.232 e. The number of nitrogens with two attached hydrogens (primary N) is 1. The molecule has 2 atom stereocenters. The van der Waals surface area contributed by atoms with Crippen LogP contribution in [0.3, 0.4) is 0 Å². The number of hydrogen-bond acceptors (Lipinski definition) is 3. The van der Waals surface area contributed by atoms with Gasteiger partial charge in [0.05, 0.1) is 5.75 Å². The van der Waals surface area contributed by atoms with Crippen molar-refractivity contribution in [3.63, 3.8) is 0 Å². The number of carbonyl (C=O) groups excluding carboxylic acids is 1. The van der Waals surface area contributed by atoms with Crippen LogP contribution in [0, 0.1) is 18.8 Å². The molecule has 1 aromatic rings. The van der Waals surface area contributed by atoms with Gasteiger partial charge in [0.15, 0.2) is 0 Å². The highest BCUT2D eigenvalue weighted by molar-refractivity contribution is 8.00. The predicted octanol–water partition coefficient (Wildman–Crippen LogP) is 3.17. The number of amides is 1. The molecule has 1 aromatic carbocycles. The Morgan fingerprint density at radius 1 is 1.35 bits per heavy atom. The number of rotatable bonds is 3. The maximum atomic E-state index is 12.3. The number of hydrogen-bond donors (Lipinski definition) is 1. The number of carbonyl (C=O) groups is 1. The average Bonchev–Trinajstić information content (AvgIpc) is 2.38. The molecular weight excluding hydrogens is 268 g/mol. The second kappa shape index (κ2) is 6.53. The molecule has 1 aliphatic heterocycles. The highest BCUT2D eigenvalue weighted by atomic mass is 32.2. The molecule has 1 fully saturated rings. The topological polar surface area (TPSA) is 46.3 Å². The van der Waals surface area contributed by atoms with Crippen LogP contribution in [0.25, 0.3) is 0 Å². The van der Waals surface area contributed by atoms with Crippen molar-refractivity contribution in [2.24, 2.45) is 11.8 Å². The number of anilines is 1. The van der Waals surface area contributed by atoms with E-state index in [2.05, 4.69) is 19.9 Å². The Kier molecular flexibility index (Phi) is 4.97. The summed E-state index contributed by atoms with van der Waals surface area (Å²) in [5.74, 6) is 1.93. The van der Waals surface area contributed by atoms with Gasteiger partial charge < -0.3 is 10.6 Å². The molecule has 1 amide bonds. The van der Waals surface area contributed by atoms with Gasteiger partial charge >= 0.3 is 0 Å². The summed E-state index contributed by atoms with van der Waals surface area (Å²) in [4.78, 5) is 15.3. The molecule has 20 heavy (non-hydrogen) atoms. The molecule has 1 aliphatic rings. The van der Waals surface area contributed by atoms with Crippen LogP contribution < -0.4 is 5.73 Å². The van der Waals surface area contributed by atoms with Crippen LogP contribution in [0.5, 0.6) is 0 Å². The van der Waals surface area contributed by atoms with Crippen molar-refractivity contribution in [1.82, 2.24) is 4.90 Å². The molecule has 2 N–H and O–H groups in total. The summed E-state index contributed by atoms with van der Waals surface area (Å²) in [6.07, 6.45) is 1.22. The van der Waals surface area contributed by atoms with E-state index in [1.807, 2.05) is 24.0 Å². The third-order valence-electron chi connectivity index (χ3n) is 3.74. The van der Waals surface area contributed by atoms with Crippen molar-refractivity contribution in [3.8, 4) is 0 Å². The fourth-order valence-corrected chi connectivity index (χ4v) is 3.83. The molecule has 1 saturated heterocycles. The smallest absolute Gasteiger partial charge is 0.232 e. The molecule has 2 unspecified atom stereocenters. The number of aryl methyl sites for hydroxylation is 1. The summed E-state index contributed by atoms with van der Waals surface area (Å²) in [7, 11) is 0. The number of nitrogen functional groups attached to an aromatic ring is 1. The van der Waals surface area contributed by atoms with Crippen LogP contribution in [-0.4, -0.2) is 29.6 Å². The molecule has 2 rings (SSSR count). The maximum absolute atomic E-state index is 12.3. The number of thioether (sulfide) groups is 1. The molecule has 0 aliphatic carbocycles. The van der Waals surface area contributed by atoms with Crippen molar-refractivity contribution >= 4 is 23.4 Å². The second-order valence-electron chi connectivity index (χ2n) is 6.07. The van der Waals surface area contributed by atoms with Gasteiger partial charge in [-0.2, -0.15) is 0 Å². The van der Waals surface area contributed by atoms with E-state index in [1.54, 1.807) is 11.8 Å². The van der Waals surface area contributed by atoms with Gasteiger partial charge in [0.25, 0.3) is 0 Å². The summed E-state index contributed by atoms with van der Waals surface area (Å²) in [5, 5.41) is 0. The molecule has 0 aromatic heterocycles. The average molecular weight is 292 g/mol. The zero-order valence-corrected chi connectivity index (χ0v) is 13.4. The quantitative estimate of drug-likeness (QED) is 0.687. The predicted molar refractivity (Wildman–Crippen MR) is 85.8 cm³/mol. The van der Waals surface area contributed by atoms with Crippen molar-refractivity contribution in [2.45, 2.75) is 32.1 Å². The summed E-state index contributed by atoms with van der Waals surface area (Å²) in [6, 6.07) is 5.96. The van der Waals surface area contributed by atoms with E-state index in [0.29, 0.717) is 17.6 Å². The fourth-order valence-electron chi connectivity index (χ4n) is 2.86. The van der Waals surface area contributed by atoms with Crippen molar-refractivity contribution in [3.05, 3.63) is 23.8 Å². The normalized spacial score (nSPS) is 22.9. The first-order chi connectivity index (χ1) is 9.45. The Morgan fingerprint density at radius 2 is 2.00 bits per heavy atom. The van der Waals surface area contributed by atoms with Crippen LogP contribution in [0.4, 0.5) is 5.69 Å². The lowest BCUT2D eigenvalue weighted by Crippen LogP contribution is -2.43. The summed E-state index contributed by atoms with van der Waals surface area (Å²) < 4.78 is 0. The van der Waals surface area contributed by atoms with Gasteiger partial charge in [-0.25, -0.2) is 0 Å². The Labute approximate surface area is 125 Å². The van der Waals surface area contributed by atoms with Crippen molar-refractivity contribution < 1.29 is 4.79 Å². The van der Waals surface area contributed by atoms with Crippen LogP contribution in [0.2, 0.25) is 0 Å². The lowest BCUT2D eigenvalue weighted by atomic mass is 9.92. The van der Waals surface area contributed by atoms with Crippen molar-refractivity contribution in [1.29, 1.82) is 0 Å². The van der Waals surface area contributed by atoms with Crippen LogP contribution in [0.15, 0.2) is 23.1 Å². The highest BCUT2D eigenvalue weighted by Gasteiger charge is 2.25. The first-order valence-corrected chi connectivity index (χ1v) is 8.21. The first-order valence-electron chi connectivity index (χ1n) is 7.22. The number of likely N-dealkylation sites (tertiary alicyclic amines) is 1. The fraction of sp³-hybridized carbons (Fsp3) is 0.562. The van der Waals surface area contributed by atoms with E-state index in [0.717, 1.165) is 23.7 Å². The standard InChI is InChI=1S/C16H24N2OS/c1-11-4-5-14(17)15(7-11)20-10-16(19)18-8-12(2)6-13(3)9-18/h4-5,7,12-13H,6,8-10,17H2,1-3H3. The molecule has 0 saturated carbocycles. The van der Waals surface area contributed by atoms with Gasteiger partial charge in [-0.15, -0.1) is 11.8 Å². The number of piperidine rings is 1. The van der Waals surface area contributed by atoms with Gasteiger partial charge in [-0.05, 0) is 42.9 Å². The van der Waals surface area contributed by atoms with E-state index in [9.17, 15) is 4.79 Å². The lowest BCUT2D eigenvalue weighted by molar-refractivity contribution is -0.130. The van der Waals surface area contributed by atoms with E-state index >= 15 is 0 Å². The third-order valence-corrected chi connectivity index (χ3v) is 4.80. The lowest BCUT2D eigenvalue weighted by Gasteiger charge is -2.35. The number of benzene rings is 1. The van der Waals surface area contributed by atoms with Crippen LogP contribution in [-0.2, 0) is 4.79 Å².